The second-order valence-corrected chi connectivity index (χ2v) is 4.70. The Morgan fingerprint density at radius 2 is 2.33 bits per heavy atom. The molecule has 3 nitrogen and oxygen atoms in total. The molecule has 2 aromatic rings. The lowest BCUT2D eigenvalue weighted by molar-refractivity contribution is 0.441. The van der Waals surface area contributed by atoms with Crippen molar-refractivity contribution in [3.63, 3.8) is 0 Å². The van der Waals surface area contributed by atoms with Gasteiger partial charge in [0.15, 0.2) is 10.8 Å². The van der Waals surface area contributed by atoms with E-state index < -0.39 is 0 Å². The maximum Gasteiger partial charge on any atom is 0.162 e. The van der Waals surface area contributed by atoms with Crippen LogP contribution in [0.3, 0.4) is 0 Å². The lowest BCUT2D eigenvalue weighted by atomic mass is 10.0. The average Bonchev–Trinajstić information content (AvgIpc) is 2.70. The van der Waals surface area contributed by atoms with E-state index in [9.17, 15) is 0 Å². The molecule has 1 aliphatic rings. The van der Waals surface area contributed by atoms with Crippen molar-refractivity contribution >= 4 is 11.3 Å². The lowest BCUT2D eigenvalue weighted by Gasteiger charge is -2.25. The molecule has 0 amide bonds. The number of hydrogen-bond donors (Lipinski definition) is 1. The summed E-state index contributed by atoms with van der Waals surface area (Å²) in [4.78, 5) is 4.60. The molecule has 4 heteroatoms. The van der Waals surface area contributed by atoms with Crippen LogP contribution in [0, 0.1) is 6.92 Å². The Kier molecular flexibility index (Phi) is 2.11. The van der Waals surface area contributed by atoms with Crippen LogP contribution in [-0.2, 0) is 0 Å². The molecule has 0 unspecified atom stereocenters. The van der Waals surface area contributed by atoms with Crippen LogP contribution >= 0.6 is 11.3 Å². The van der Waals surface area contributed by atoms with Crippen molar-refractivity contribution in [2.24, 2.45) is 0 Å². The van der Waals surface area contributed by atoms with Crippen LogP contribution < -0.4 is 5.32 Å². The molecule has 1 aliphatic heterocycles. The minimum Gasteiger partial charge on any atom is -0.459 e. The van der Waals surface area contributed by atoms with Crippen molar-refractivity contribution in [2.45, 2.75) is 12.8 Å². The van der Waals surface area contributed by atoms with Crippen LogP contribution in [0.5, 0.6) is 0 Å². The molecule has 78 valence electrons. The summed E-state index contributed by atoms with van der Waals surface area (Å²) in [7, 11) is 0. The fraction of sp³-hybridized carbons (Fsp3) is 0.364. The molecule has 0 aliphatic carbocycles. The maximum absolute atomic E-state index is 5.55. The Hall–Kier alpha value is -1.13. The molecule has 3 rings (SSSR count). The molecule has 0 atom stereocenters. The molecule has 0 spiro atoms. The molecular weight excluding hydrogens is 208 g/mol. The van der Waals surface area contributed by atoms with Gasteiger partial charge in [-0.2, -0.15) is 0 Å². The highest BCUT2D eigenvalue weighted by Crippen LogP contribution is 2.29. The summed E-state index contributed by atoms with van der Waals surface area (Å²) in [5.74, 6) is 2.43. The fourth-order valence-electron chi connectivity index (χ4n) is 1.63. The van der Waals surface area contributed by atoms with Gasteiger partial charge >= 0.3 is 0 Å². The normalized spacial score (nSPS) is 16.6. The predicted octanol–water partition coefficient (Wildman–Crippen LogP) is 2.40. The van der Waals surface area contributed by atoms with Crippen molar-refractivity contribution in [1.82, 2.24) is 10.3 Å². The molecule has 0 aromatic carbocycles. The van der Waals surface area contributed by atoms with E-state index in [0.717, 1.165) is 29.6 Å². The number of furan rings is 1. The first-order valence-electron chi connectivity index (χ1n) is 5.06. The summed E-state index contributed by atoms with van der Waals surface area (Å²) in [5.41, 5.74) is 1.20. The van der Waals surface area contributed by atoms with Gasteiger partial charge in [-0.05, 0) is 19.1 Å². The highest BCUT2D eigenvalue weighted by molar-refractivity contribution is 7.13. The molecule has 15 heavy (non-hydrogen) atoms. The van der Waals surface area contributed by atoms with E-state index >= 15 is 0 Å². The van der Waals surface area contributed by atoms with E-state index in [4.69, 9.17) is 4.42 Å². The summed E-state index contributed by atoms with van der Waals surface area (Å²) >= 11 is 1.66. The minimum absolute atomic E-state index is 0.603. The Morgan fingerprint density at radius 3 is 2.93 bits per heavy atom. The molecule has 0 saturated carbocycles. The zero-order valence-electron chi connectivity index (χ0n) is 8.49. The topological polar surface area (TPSA) is 38.1 Å². The van der Waals surface area contributed by atoms with Gasteiger partial charge in [0.1, 0.15) is 5.76 Å². The Bertz CT molecular complexity index is 470. The van der Waals surface area contributed by atoms with E-state index in [1.165, 1.54) is 5.69 Å². The van der Waals surface area contributed by atoms with E-state index in [0.29, 0.717) is 5.92 Å². The summed E-state index contributed by atoms with van der Waals surface area (Å²) < 4.78 is 5.55. The number of rotatable bonds is 2. The maximum atomic E-state index is 5.55. The van der Waals surface area contributed by atoms with E-state index in [1.54, 1.807) is 11.3 Å². The summed E-state index contributed by atoms with van der Waals surface area (Å²) in [6.45, 7) is 4.06. The summed E-state index contributed by atoms with van der Waals surface area (Å²) in [6, 6.07) is 3.96. The van der Waals surface area contributed by atoms with Crippen LogP contribution in [-0.4, -0.2) is 18.1 Å². The zero-order valence-corrected chi connectivity index (χ0v) is 9.30. The summed E-state index contributed by atoms with van der Waals surface area (Å²) in [5, 5.41) is 6.38. The third-order valence-corrected chi connectivity index (χ3v) is 3.55. The van der Waals surface area contributed by atoms with E-state index in [1.807, 2.05) is 19.1 Å². The average molecular weight is 220 g/mol. The van der Waals surface area contributed by atoms with Gasteiger partial charge in [-0.3, -0.25) is 0 Å². The first-order chi connectivity index (χ1) is 7.33. The first-order valence-corrected chi connectivity index (χ1v) is 5.94. The summed E-state index contributed by atoms with van der Waals surface area (Å²) in [6.07, 6.45) is 0. The molecule has 1 N–H and O–H groups in total. The van der Waals surface area contributed by atoms with Crippen molar-refractivity contribution in [3.05, 3.63) is 29.0 Å². The van der Waals surface area contributed by atoms with Gasteiger partial charge in [0.05, 0.1) is 5.69 Å². The molecule has 3 heterocycles. The highest BCUT2D eigenvalue weighted by atomic mass is 32.1. The van der Waals surface area contributed by atoms with Crippen molar-refractivity contribution in [2.75, 3.05) is 13.1 Å². The zero-order chi connectivity index (χ0) is 10.3. The number of nitrogens with one attached hydrogen (secondary N) is 1. The van der Waals surface area contributed by atoms with E-state index in [-0.39, 0.29) is 0 Å². The van der Waals surface area contributed by atoms with Crippen LogP contribution in [0.1, 0.15) is 17.4 Å². The Balaban J connectivity index is 1.89. The Labute approximate surface area is 92.1 Å². The second-order valence-electron chi connectivity index (χ2n) is 3.84. The molecular formula is C11H12N2OS. The second kappa shape index (κ2) is 3.47. The predicted molar refractivity (Wildman–Crippen MR) is 60.2 cm³/mol. The molecule has 1 fully saturated rings. The monoisotopic (exact) mass is 220 g/mol. The number of aryl methyl sites for hydroxylation is 1. The van der Waals surface area contributed by atoms with Crippen LogP contribution in [0.15, 0.2) is 21.9 Å². The van der Waals surface area contributed by atoms with Gasteiger partial charge in [-0.15, -0.1) is 11.3 Å². The number of nitrogens with zero attached hydrogens (tertiary/aromatic N) is 1. The van der Waals surface area contributed by atoms with Gasteiger partial charge in [-0.1, -0.05) is 0 Å². The van der Waals surface area contributed by atoms with Gasteiger partial charge in [0.2, 0.25) is 0 Å². The van der Waals surface area contributed by atoms with Crippen molar-refractivity contribution in [3.8, 4) is 10.8 Å². The number of hydrogen-bond acceptors (Lipinski definition) is 4. The van der Waals surface area contributed by atoms with Crippen LogP contribution in [0.25, 0.3) is 10.8 Å². The van der Waals surface area contributed by atoms with Gasteiger partial charge < -0.3 is 9.73 Å². The molecule has 0 radical (unpaired) electrons. The first kappa shape index (κ1) is 9.12. The third kappa shape index (κ3) is 1.60. The molecule has 2 aromatic heterocycles. The van der Waals surface area contributed by atoms with Crippen molar-refractivity contribution in [1.29, 1.82) is 0 Å². The Morgan fingerprint density at radius 1 is 1.47 bits per heavy atom. The fourth-order valence-corrected chi connectivity index (χ4v) is 2.50. The van der Waals surface area contributed by atoms with Crippen molar-refractivity contribution < 1.29 is 4.42 Å². The number of thiazole rings is 1. The largest absolute Gasteiger partial charge is 0.459 e. The van der Waals surface area contributed by atoms with Crippen LogP contribution in [0.2, 0.25) is 0 Å². The standard InChI is InChI=1S/C11H12N2OS/c1-7-2-3-10(14-7)11-13-9(6-15-11)8-4-12-5-8/h2-3,6,8,12H,4-5H2,1H3. The van der Waals surface area contributed by atoms with Crippen LogP contribution in [0.4, 0.5) is 0 Å². The quantitative estimate of drug-likeness (QED) is 0.844. The SMILES string of the molecule is Cc1ccc(-c2nc(C3CNC3)cs2)o1. The minimum atomic E-state index is 0.603. The molecule has 1 saturated heterocycles. The van der Waals surface area contributed by atoms with Gasteiger partial charge in [0.25, 0.3) is 0 Å². The lowest BCUT2D eigenvalue weighted by Crippen LogP contribution is -2.40. The smallest absolute Gasteiger partial charge is 0.162 e. The van der Waals surface area contributed by atoms with Gasteiger partial charge in [-0.25, -0.2) is 4.98 Å². The van der Waals surface area contributed by atoms with E-state index in [2.05, 4.69) is 15.7 Å². The molecule has 0 bridgehead atoms. The van der Waals surface area contributed by atoms with Gasteiger partial charge in [0, 0.05) is 24.4 Å². The highest BCUT2D eigenvalue weighted by Gasteiger charge is 2.22. The third-order valence-electron chi connectivity index (χ3n) is 2.67. The number of aromatic nitrogens is 1.